The summed E-state index contributed by atoms with van der Waals surface area (Å²) in [6, 6.07) is 6.61. The van der Waals surface area contributed by atoms with Gasteiger partial charge in [-0.05, 0) is 24.3 Å². The molecule has 0 fully saturated rings. The summed E-state index contributed by atoms with van der Waals surface area (Å²) < 4.78 is 4.51. The molecule has 1 atom stereocenters. The molecule has 16 heavy (non-hydrogen) atoms. The van der Waals surface area contributed by atoms with E-state index in [9.17, 15) is 9.59 Å². The third-order valence-corrected chi connectivity index (χ3v) is 2.53. The van der Waals surface area contributed by atoms with Crippen molar-refractivity contribution in [3.05, 3.63) is 34.9 Å². The largest absolute Gasteiger partial charge is 0.469 e. The van der Waals surface area contributed by atoms with E-state index < -0.39 is 0 Å². The molecule has 1 rings (SSSR count). The van der Waals surface area contributed by atoms with Crippen LogP contribution in [0.25, 0.3) is 0 Å². The van der Waals surface area contributed by atoms with Gasteiger partial charge >= 0.3 is 5.97 Å². The third kappa shape index (κ3) is 3.35. The topological polar surface area (TPSA) is 43.4 Å². The molecule has 0 aliphatic carbocycles. The minimum Gasteiger partial charge on any atom is -0.469 e. The molecule has 86 valence electrons. The Morgan fingerprint density at radius 2 is 1.88 bits per heavy atom. The fraction of sp³-hybridized carbons (Fsp3) is 0.333. The van der Waals surface area contributed by atoms with Gasteiger partial charge in [-0.2, -0.15) is 0 Å². The van der Waals surface area contributed by atoms with Crippen LogP contribution in [0.15, 0.2) is 24.3 Å². The Kier molecular flexibility index (Phi) is 4.50. The average molecular weight is 241 g/mol. The Hall–Kier alpha value is -1.35. The molecule has 0 N–H and O–H groups in total. The fourth-order valence-corrected chi connectivity index (χ4v) is 1.45. The molecule has 1 unspecified atom stereocenters. The van der Waals surface area contributed by atoms with Gasteiger partial charge in [-0.15, -0.1) is 0 Å². The molecule has 0 aliphatic rings. The highest BCUT2D eigenvalue weighted by Crippen LogP contribution is 2.15. The second kappa shape index (κ2) is 5.66. The molecular formula is C12H13ClO3. The van der Waals surface area contributed by atoms with Gasteiger partial charge in [-0.1, -0.05) is 18.5 Å². The summed E-state index contributed by atoms with van der Waals surface area (Å²) in [5.74, 6) is -0.842. The summed E-state index contributed by atoms with van der Waals surface area (Å²) >= 11 is 5.72. The van der Waals surface area contributed by atoms with Gasteiger partial charge in [0.15, 0.2) is 5.78 Å². The third-order valence-electron chi connectivity index (χ3n) is 2.28. The highest BCUT2D eigenvalue weighted by atomic mass is 35.5. The number of methoxy groups -OCH3 is 1. The molecule has 0 saturated heterocycles. The van der Waals surface area contributed by atoms with E-state index in [2.05, 4.69) is 4.74 Å². The Balaban J connectivity index is 2.70. The van der Waals surface area contributed by atoms with Crippen molar-refractivity contribution in [2.75, 3.05) is 7.11 Å². The van der Waals surface area contributed by atoms with Crippen molar-refractivity contribution in [1.29, 1.82) is 0 Å². The molecule has 0 amide bonds. The number of hydrogen-bond acceptors (Lipinski definition) is 3. The zero-order valence-electron chi connectivity index (χ0n) is 9.20. The van der Waals surface area contributed by atoms with Crippen molar-refractivity contribution in [1.82, 2.24) is 0 Å². The van der Waals surface area contributed by atoms with Crippen LogP contribution in [0.4, 0.5) is 0 Å². The van der Waals surface area contributed by atoms with Gasteiger partial charge < -0.3 is 4.74 Å². The number of hydrogen-bond donors (Lipinski definition) is 0. The molecule has 1 aromatic rings. The average Bonchev–Trinajstić information content (AvgIpc) is 2.28. The smallest absolute Gasteiger partial charge is 0.306 e. The molecule has 0 aromatic heterocycles. The van der Waals surface area contributed by atoms with Crippen LogP contribution in [0.2, 0.25) is 5.02 Å². The minimum absolute atomic E-state index is 0.0814. The first kappa shape index (κ1) is 12.7. The maximum Gasteiger partial charge on any atom is 0.306 e. The van der Waals surface area contributed by atoms with E-state index in [0.717, 1.165) is 0 Å². The van der Waals surface area contributed by atoms with Crippen LogP contribution in [-0.2, 0) is 9.53 Å². The van der Waals surface area contributed by atoms with E-state index in [4.69, 9.17) is 11.6 Å². The summed E-state index contributed by atoms with van der Waals surface area (Å²) in [5.41, 5.74) is 0.556. The number of esters is 1. The maximum absolute atomic E-state index is 11.9. The lowest BCUT2D eigenvalue weighted by Crippen LogP contribution is -2.16. The van der Waals surface area contributed by atoms with Gasteiger partial charge in [0, 0.05) is 16.5 Å². The Bertz CT molecular complexity index is 384. The van der Waals surface area contributed by atoms with Crippen LogP contribution in [0.5, 0.6) is 0 Å². The Morgan fingerprint density at radius 1 is 1.31 bits per heavy atom. The van der Waals surface area contributed by atoms with Gasteiger partial charge in [0.2, 0.25) is 0 Å². The lowest BCUT2D eigenvalue weighted by Gasteiger charge is -2.08. The number of halogens is 1. The van der Waals surface area contributed by atoms with Crippen molar-refractivity contribution in [2.45, 2.75) is 13.3 Å². The molecule has 0 bridgehead atoms. The molecule has 0 spiro atoms. The summed E-state index contributed by atoms with van der Waals surface area (Å²) in [6.07, 6.45) is 0.0952. The normalized spacial score (nSPS) is 11.9. The van der Waals surface area contributed by atoms with Crippen LogP contribution < -0.4 is 0 Å². The Labute approximate surface area is 99.4 Å². The van der Waals surface area contributed by atoms with E-state index in [0.29, 0.717) is 10.6 Å². The van der Waals surface area contributed by atoms with E-state index in [1.54, 1.807) is 31.2 Å². The minimum atomic E-state index is -0.381. The molecular weight excluding hydrogens is 228 g/mol. The monoisotopic (exact) mass is 240 g/mol. The molecule has 0 radical (unpaired) electrons. The SMILES string of the molecule is COC(=O)CC(C)C(=O)c1ccc(Cl)cc1. The van der Waals surface area contributed by atoms with Crippen molar-refractivity contribution in [3.63, 3.8) is 0 Å². The second-order valence-electron chi connectivity index (χ2n) is 3.55. The van der Waals surface area contributed by atoms with Crippen LogP contribution in [0, 0.1) is 5.92 Å². The predicted molar refractivity (Wildman–Crippen MR) is 61.6 cm³/mol. The fourth-order valence-electron chi connectivity index (χ4n) is 1.32. The van der Waals surface area contributed by atoms with Crippen molar-refractivity contribution in [2.24, 2.45) is 5.92 Å². The van der Waals surface area contributed by atoms with Crippen LogP contribution in [0.3, 0.4) is 0 Å². The molecule has 0 aliphatic heterocycles. The van der Waals surface area contributed by atoms with E-state index in [-0.39, 0.29) is 24.1 Å². The van der Waals surface area contributed by atoms with Crippen LogP contribution in [0.1, 0.15) is 23.7 Å². The van der Waals surface area contributed by atoms with E-state index >= 15 is 0 Å². The molecule has 1 aromatic carbocycles. The van der Waals surface area contributed by atoms with E-state index in [1.165, 1.54) is 7.11 Å². The summed E-state index contributed by atoms with van der Waals surface area (Å²) in [5, 5.41) is 0.581. The van der Waals surface area contributed by atoms with E-state index in [1.807, 2.05) is 0 Å². The highest BCUT2D eigenvalue weighted by molar-refractivity contribution is 6.30. The lowest BCUT2D eigenvalue weighted by atomic mass is 9.96. The standard InChI is InChI=1S/C12H13ClO3/c1-8(7-11(14)16-2)12(15)9-3-5-10(13)6-4-9/h3-6,8H,7H2,1-2H3. The molecule has 0 heterocycles. The summed E-state index contributed by atoms with van der Waals surface area (Å²) in [6.45, 7) is 1.70. The number of carbonyl (C=O) groups excluding carboxylic acids is 2. The number of rotatable bonds is 4. The number of ether oxygens (including phenoxy) is 1. The molecule has 3 nitrogen and oxygen atoms in total. The number of Topliss-reactive ketones (excluding diaryl/α,β-unsaturated/α-hetero) is 1. The maximum atomic E-state index is 11.9. The van der Waals surface area contributed by atoms with Gasteiger partial charge in [0.1, 0.15) is 0 Å². The van der Waals surface area contributed by atoms with Gasteiger partial charge in [0.25, 0.3) is 0 Å². The molecule has 4 heteroatoms. The lowest BCUT2D eigenvalue weighted by molar-refractivity contribution is -0.141. The van der Waals surface area contributed by atoms with Gasteiger partial charge in [0.05, 0.1) is 13.5 Å². The quantitative estimate of drug-likeness (QED) is 0.600. The summed E-state index contributed by atoms with van der Waals surface area (Å²) in [4.78, 5) is 22.9. The predicted octanol–water partition coefficient (Wildman–Crippen LogP) is 2.72. The first-order valence-corrected chi connectivity index (χ1v) is 5.29. The highest BCUT2D eigenvalue weighted by Gasteiger charge is 2.18. The van der Waals surface area contributed by atoms with Crippen molar-refractivity contribution < 1.29 is 14.3 Å². The number of carbonyl (C=O) groups is 2. The van der Waals surface area contributed by atoms with Crippen molar-refractivity contribution in [3.8, 4) is 0 Å². The zero-order chi connectivity index (χ0) is 12.1. The summed E-state index contributed by atoms with van der Waals surface area (Å²) in [7, 11) is 1.31. The van der Waals surface area contributed by atoms with Gasteiger partial charge in [-0.3, -0.25) is 9.59 Å². The number of ketones is 1. The van der Waals surface area contributed by atoms with Crippen LogP contribution >= 0.6 is 11.6 Å². The number of benzene rings is 1. The Morgan fingerprint density at radius 3 is 2.38 bits per heavy atom. The van der Waals surface area contributed by atoms with Crippen molar-refractivity contribution >= 4 is 23.4 Å². The first-order valence-electron chi connectivity index (χ1n) is 4.91. The second-order valence-corrected chi connectivity index (χ2v) is 3.99. The first-order chi connectivity index (χ1) is 7.54. The van der Waals surface area contributed by atoms with Crippen LogP contribution in [-0.4, -0.2) is 18.9 Å². The molecule has 0 saturated carbocycles. The zero-order valence-corrected chi connectivity index (χ0v) is 9.95. The van der Waals surface area contributed by atoms with Gasteiger partial charge in [-0.25, -0.2) is 0 Å².